The van der Waals surface area contributed by atoms with Gasteiger partial charge in [-0.3, -0.25) is 9.20 Å². The highest BCUT2D eigenvalue weighted by atomic mass is 32.1. The normalized spacial score (nSPS) is 14.2. The Morgan fingerprint density at radius 2 is 2.00 bits per heavy atom. The molecule has 28 heavy (non-hydrogen) atoms. The quantitative estimate of drug-likeness (QED) is 0.637. The fourth-order valence-corrected chi connectivity index (χ4v) is 4.65. The van der Waals surface area contributed by atoms with Crippen molar-refractivity contribution in [3.05, 3.63) is 40.7 Å². The number of anilines is 1. The van der Waals surface area contributed by atoms with Crippen molar-refractivity contribution in [3.8, 4) is 11.3 Å². The average Bonchev–Trinajstić information content (AvgIpc) is 3.40. The molecular weight excluding hydrogens is 379 g/mol. The maximum absolute atomic E-state index is 13.4. The van der Waals surface area contributed by atoms with Gasteiger partial charge in [0, 0.05) is 38.0 Å². The van der Waals surface area contributed by atoms with Crippen LogP contribution in [0, 0.1) is 12.7 Å². The van der Waals surface area contributed by atoms with E-state index in [1.54, 1.807) is 19.2 Å². The summed E-state index contributed by atoms with van der Waals surface area (Å²) in [6.07, 6.45) is 2.12. The van der Waals surface area contributed by atoms with Gasteiger partial charge in [-0.25, -0.2) is 9.37 Å². The first kappa shape index (κ1) is 18.9. The standard InChI is InChI=1S/C20H23FN4O2S/c1-13-17(19(26)24-10-3-4-11-24)28-20-23-16(14-5-7-15(21)8-6-14)18(25(13)20)22-9-12-27-2/h5-8,22H,3-4,9-12H2,1-2H3. The lowest BCUT2D eigenvalue weighted by atomic mass is 10.1. The number of aryl methyl sites for hydroxylation is 1. The van der Waals surface area contributed by atoms with E-state index in [-0.39, 0.29) is 11.7 Å². The molecule has 1 N–H and O–H groups in total. The molecule has 4 rings (SSSR count). The zero-order valence-electron chi connectivity index (χ0n) is 16.0. The summed E-state index contributed by atoms with van der Waals surface area (Å²) in [5.41, 5.74) is 2.44. The van der Waals surface area contributed by atoms with E-state index in [0.717, 1.165) is 58.5 Å². The average molecular weight is 402 g/mol. The fourth-order valence-electron chi connectivity index (χ4n) is 3.55. The van der Waals surface area contributed by atoms with E-state index in [1.807, 2.05) is 16.2 Å². The van der Waals surface area contributed by atoms with Crippen molar-refractivity contribution in [2.75, 3.05) is 38.7 Å². The molecule has 1 saturated heterocycles. The van der Waals surface area contributed by atoms with E-state index in [2.05, 4.69) is 5.32 Å². The molecule has 2 aromatic heterocycles. The number of hydrogen-bond acceptors (Lipinski definition) is 5. The number of rotatable bonds is 6. The SMILES string of the molecule is COCCNc1c(-c2ccc(F)cc2)nc2sc(C(=O)N3CCCC3)c(C)n12. The van der Waals surface area contributed by atoms with Crippen LogP contribution in [0.4, 0.5) is 10.2 Å². The monoisotopic (exact) mass is 402 g/mol. The highest BCUT2D eigenvalue weighted by Crippen LogP contribution is 2.35. The zero-order valence-corrected chi connectivity index (χ0v) is 16.8. The summed E-state index contributed by atoms with van der Waals surface area (Å²) in [5.74, 6) is 0.595. The van der Waals surface area contributed by atoms with E-state index in [9.17, 15) is 9.18 Å². The molecule has 0 radical (unpaired) electrons. The Morgan fingerprint density at radius 1 is 1.29 bits per heavy atom. The first-order valence-electron chi connectivity index (χ1n) is 9.40. The highest BCUT2D eigenvalue weighted by Gasteiger charge is 2.27. The lowest BCUT2D eigenvalue weighted by Crippen LogP contribution is -2.27. The smallest absolute Gasteiger partial charge is 0.265 e. The number of carbonyl (C=O) groups excluding carboxylic acids is 1. The molecule has 1 fully saturated rings. The largest absolute Gasteiger partial charge is 0.383 e. The lowest BCUT2D eigenvalue weighted by Gasteiger charge is -2.14. The van der Waals surface area contributed by atoms with Crippen LogP contribution in [0.15, 0.2) is 24.3 Å². The number of nitrogens with one attached hydrogen (secondary N) is 1. The van der Waals surface area contributed by atoms with Crippen molar-refractivity contribution in [3.63, 3.8) is 0 Å². The molecule has 1 aliphatic rings. The molecule has 0 spiro atoms. The van der Waals surface area contributed by atoms with E-state index >= 15 is 0 Å². The molecule has 0 bridgehead atoms. The molecule has 0 saturated carbocycles. The number of carbonyl (C=O) groups is 1. The molecule has 3 heterocycles. The predicted molar refractivity (Wildman–Crippen MR) is 109 cm³/mol. The molecule has 3 aromatic rings. The number of amides is 1. The number of nitrogens with zero attached hydrogens (tertiary/aromatic N) is 3. The molecule has 1 aromatic carbocycles. The van der Waals surface area contributed by atoms with Crippen LogP contribution >= 0.6 is 11.3 Å². The first-order valence-corrected chi connectivity index (χ1v) is 10.2. The third-order valence-electron chi connectivity index (χ3n) is 5.01. The second kappa shape index (κ2) is 7.89. The molecule has 0 aliphatic carbocycles. The second-order valence-corrected chi connectivity index (χ2v) is 7.85. The first-order chi connectivity index (χ1) is 13.6. The topological polar surface area (TPSA) is 58.9 Å². The van der Waals surface area contributed by atoms with Crippen molar-refractivity contribution in [2.45, 2.75) is 19.8 Å². The Labute approximate surface area is 166 Å². The van der Waals surface area contributed by atoms with Crippen molar-refractivity contribution < 1.29 is 13.9 Å². The van der Waals surface area contributed by atoms with Gasteiger partial charge in [-0.05, 0) is 44.0 Å². The molecule has 6 nitrogen and oxygen atoms in total. The van der Waals surface area contributed by atoms with Crippen molar-refractivity contribution in [1.82, 2.24) is 14.3 Å². The molecule has 0 unspecified atom stereocenters. The number of aromatic nitrogens is 2. The summed E-state index contributed by atoms with van der Waals surface area (Å²) in [4.78, 5) is 21.1. The Hall–Kier alpha value is -2.45. The van der Waals surface area contributed by atoms with Gasteiger partial charge in [0.25, 0.3) is 5.91 Å². The van der Waals surface area contributed by atoms with Gasteiger partial charge in [0.15, 0.2) is 4.96 Å². The van der Waals surface area contributed by atoms with Gasteiger partial charge in [0.1, 0.15) is 22.2 Å². The Bertz CT molecular complexity index is 990. The van der Waals surface area contributed by atoms with Crippen LogP contribution in [-0.2, 0) is 4.74 Å². The minimum atomic E-state index is -0.284. The highest BCUT2D eigenvalue weighted by molar-refractivity contribution is 7.19. The van der Waals surface area contributed by atoms with Gasteiger partial charge in [-0.1, -0.05) is 11.3 Å². The summed E-state index contributed by atoms with van der Waals surface area (Å²) in [7, 11) is 1.65. The third-order valence-corrected chi connectivity index (χ3v) is 6.14. The van der Waals surface area contributed by atoms with Crippen LogP contribution in [0.1, 0.15) is 28.2 Å². The van der Waals surface area contributed by atoms with Crippen molar-refractivity contribution in [2.24, 2.45) is 0 Å². The van der Waals surface area contributed by atoms with Crippen LogP contribution in [0.2, 0.25) is 0 Å². The predicted octanol–water partition coefficient (Wildman–Crippen LogP) is 3.80. The van der Waals surface area contributed by atoms with E-state index in [1.165, 1.54) is 23.5 Å². The number of hydrogen-bond donors (Lipinski definition) is 1. The molecular formula is C20H23FN4O2S. The van der Waals surface area contributed by atoms with E-state index in [4.69, 9.17) is 9.72 Å². The van der Waals surface area contributed by atoms with Crippen molar-refractivity contribution >= 4 is 28.0 Å². The summed E-state index contributed by atoms with van der Waals surface area (Å²) < 4.78 is 20.5. The van der Waals surface area contributed by atoms with Crippen molar-refractivity contribution in [1.29, 1.82) is 0 Å². The minimum absolute atomic E-state index is 0.0803. The molecule has 0 atom stereocenters. The fraction of sp³-hybridized carbons (Fsp3) is 0.400. The number of halogens is 1. The molecule has 148 valence electrons. The number of benzene rings is 1. The number of fused-ring (bicyclic) bond motifs is 1. The van der Waals surface area contributed by atoms with Crippen LogP contribution < -0.4 is 5.32 Å². The summed E-state index contributed by atoms with van der Waals surface area (Å²) >= 11 is 1.41. The number of ether oxygens (including phenoxy) is 1. The van der Waals surface area contributed by atoms with Gasteiger partial charge >= 0.3 is 0 Å². The number of methoxy groups -OCH3 is 1. The Morgan fingerprint density at radius 3 is 2.68 bits per heavy atom. The number of likely N-dealkylation sites (tertiary alicyclic amines) is 1. The summed E-state index contributed by atoms with van der Waals surface area (Å²) in [6.45, 7) is 4.73. The van der Waals surface area contributed by atoms with E-state index in [0.29, 0.717) is 13.2 Å². The maximum atomic E-state index is 13.4. The van der Waals surface area contributed by atoms with Gasteiger partial charge in [-0.15, -0.1) is 0 Å². The van der Waals surface area contributed by atoms with Crippen LogP contribution in [0.25, 0.3) is 16.2 Å². The molecule has 1 amide bonds. The number of imidazole rings is 1. The minimum Gasteiger partial charge on any atom is -0.383 e. The zero-order chi connectivity index (χ0) is 19.7. The van der Waals surface area contributed by atoms with Crippen LogP contribution in [-0.4, -0.2) is 53.5 Å². The number of thiazole rings is 1. The summed E-state index contributed by atoms with van der Waals surface area (Å²) in [6, 6.07) is 6.29. The Balaban J connectivity index is 1.78. The van der Waals surface area contributed by atoms with E-state index < -0.39 is 0 Å². The van der Waals surface area contributed by atoms with Gasteiger partial charge in [-0.2, -0.15) is 0 Å². The van der Waals surface area contributed by atoms with Crippen LogP contribution in [0.5, 0.6) is 0 Å². The third kappa shape index (κ3) is 3.38. The van der Waals surface area contributed by atoms with Gasteiger partial charge in [0.05, 0.1) is 6.61 Å². The van der Waals surface area contributed by atoms with Crippen LogP contribution in [0.3, 0.4) is 0 Å². The molecule has 8 heteroatoms. The maximum Gasteiger partial charge on any atom is 0.265 e. The second-order valence-electron chi connectivity index (χ2n) is 6.87. The summed E-state index contributed by atoms with van der Waals surface area (Å²) in [5, 5.41) is 3.38. The van der Waals surface area contributed by atoms with Gasteiger partial charge < -0.3 is 15.0 Å². The van der Waals surface area contributed by atoms with Gasteiger partial charge in [0.2, 0.25) is 0 Å². The Kier molecular flexibility index (Phi) is 5.32. The molecule has 1 aliphatic heterocycles. The lowest BCUT2D eigenvalue weighted by molar-refractivity contribution is 0.0796.